The lowest BCUT2D eigenvalue weighted by molar-refractivity contribution is -0.676. The molecule has 0 atom stereocenters. The first-order valence-electron chi connectivity index (χ1n) is 6.85. The Morgan fingerprint density at radius 3 is 2.30 bits per heavy atom. The SMILES string of the molecule is C1=CC([n+]2cn(-c3ccccc3)c3ccccc32)C=C1. The molecule has 0 fully saturated rings. The minimum absolute atomic E-state index is 0.310. The molecule has 2 aromatic carbocycles. The van der Waals surface area contributed by atoms with Crippen LogP contribution in [0.4, 0.5) is 0 Å². The summed E-state index contributed by atoms with van der Waals surface area (Å²) < 4.78 is 4.55. The maximum Gasteiger partial charge on any atom is 0.250 e. The van der Waals surface area contributed by atoms with Gasteiger partial charge in [-0.25, -0.2) is 4.57 Å². The fourth-order valence-corrected chi connectivity index (χ4v) is 2.77. The van der Waals surface area contributed by atoms with Crippen LogP contribution in [-0.4, -0.2) is 4.57 Å². The van der Waals surface area contributed by atoms with Crippen LogP contribution in [0, 0.1) is 0 Å². The second-order valence-corrected chi connectivity index (χ2v) is 4.98. The smallest absolute Gasteiger partial charge is 0.219 e. The van der Waals surface area contributed by atoms with Crippen molar-refractivity contribution >= 4 is 11.0 Å². The molecule has 1 aromatic heterocycles. The Kier molecular flexibility index (Phi) is 2.52. The molecule has 1 aliphatic rings. The van der Waals surface area contributed by atoms with E-state index in [1.165, 1.54) is 16.7 Å². The highest BCUT2D eigenvalue weighted by Gasteiger charge is 2.21. The molecule has 0 bridgehead atoms. The van der Waals surface area contributed by atoms with Crippen LogP contribution in [0.2, 0.25) is 0 Å². The van der Waals surface area contributed by atoms with E-state index >= 15 is 0 Å². The second-order valence-electron chi connectivity index (χ2n) is 4.98. The van der Waals surface area contributed by atoms with Gasteiger partial charge >= 0.3 is 0 Å². The minimum atomic E-state index is 0.310. The number of benzene rings is 2. The third-order valence-corrected chi connectivity index (χ3v) is 3.74. The summed E-state index contributed by atoms with van der Waals surface area (Å²) in [5.41, 5.74) is 3.67. The summed E-state index contributed by atoms with van der Waals surface area (Å²) in [4.78, 5) is 0. The molecule has 1 heterocycles. The molecule has 0 amide bonds. The summed E-state index contributed by atoms with van der Waals surface area (Å²) in [5, 5.41) is 0. The van der Waals surface area contributed by atoms with E-state index in [9.17, 15) is 0 Å². The second kappa shape index (κ2) is 4.49. The number of imidazole rings is 1. The molecule has 0 unspecified atom stereocenters. The molecule has 0 spiro atoms. The van der Waals surface area contributed by atoms with Gasteiger partial charge < -0.3 is 0 Å². The molecular weight excluding hydrogens is 244 g/mol. The Bertz CT molecular complexity index is 798. The first-order valence-corrected chi connectivity index (χ1v) is 6.85. The summed E-state index contributed by atoms with van der Waals surface area (Å²) in [7, 11) is 0. The van der Waals surface area contributed by atoms with E-state index in [4.69, 9.17) is 0 Å². The third kappa shape index (κ3) is 1.69. The number of allylic oxidation sites excluding steroid dienone is 4. The van der Waals surface area contributed by atoms with Gasteiger partial charge in [-0.3, -0.25) is 0 Å². The maximum absolute atomic E-state index is 2.31. The maximum atomic E-state index is 2.31. The fourth-order valence-electron chi connectivity index (χ4n) is 2.77. The fraction of sp³-hybridized carbons (Fsp3) is 0.0556. The summed E-state index contributed by atoms with van der Waals surface area (Å²) in [6, 6.07) is 19.3. The van der Waals surface area contributed by atoms with Gasteiger partial charge in [-0.1, -0.05) is 42.5 Å². The average Bonchev–Trinajstić information content (AvgIpc) is 3.15. The number of nitrogens with zero attached hydrogens (tertiary/aromatic N) is 2. The molecule has 0 saturated heterocycles. The van der Waals surface area contributed by atoms with E-state index in [2.05, 4.69) is 88.3 Å². The van der Waals surface area contributed by atoms with Crippen LogP contribution in [0.1, 0.15) is 6.04 Å². The van der Waals surface area contributed by atoms with Crippen molar-refractivity contribution in [1.29, 1.82) is 0 Å². The van der Waals surface area contributed by atoms with Crippen molar-refractivity contribution in [1.82, 2.24) is 4.57 Å². The van der Waals surface area contributed by atoms with Crippen molar-refractivity contribution in [2.75, 3.05) is 0 Å². The van der Waals surface area contributed by atoms with Gasteiger partial charge in [-0.2, -0.15) is 4.57 Å². The van der Waals surface area contributed by atoms with Gasteiger partial charge in [0.15, 0.2) is 11.0 Å². The summed E-state index contributed by atoms with van der Waals surface area (Å²) in [6.07, 6.45) is 10.8. The highest BCUT2D eigenvalue weighted by molar-refractivity contribution is 5.74. The molecular formula is C18H15N2+. The molecule has 4 rings (SSSR count). The van der Waals surface area contributed by atoms with Crippen molar-refractivity contribution in [2.45, 2.75) is 6.04 Å². The molecule has 2 nitrogen and oxygen atoms in total. The largest absolute Gasteiger partial charge is 0.250 e. The number of hydrogen-bond acceptors (Lipinski definition) is 0. The molecule has 20 heavy (non-hydrogen) atoms. The first-order chi connectivity index (χ1) is 9.93. The van der Waals surface area contributed by atoms with Crippen molar-refractivity contribution in [3.63, 3.8) is 0 Å². The zero-order valence-corrected chi connectivity index (χ0v) is 11.1. The molecule has 1 aliphatic carbocycles. The summed E-state index contributed by atoms with van der Waals surface area (Å²) >= 11 is 0. The Morgan fingerprint density at radius 2 is 1.50 bits per heavy atom. The van der Waals surface area contributed by atoms with E-state index in [0.717, 1.165) is 0 Å². The van der Waals surface area contributed by atoms with Crippen LogP contribution < -0.4 is 4.57 Å². The lowest BCUT2D eigenvalue weighted by atomic mass is 10.2. The molecule has 3 aromatic rings. The molecule has 96 valence electrons. The Balaban J connectivity index is 1.98. The van der Waals surface area contributed by atoms with Gasteiger partial charge in [0.25, 0.3) is 6.33 Å². The minimum Gasteiger partial charge on any atom is -0.219 e. The number of rotatable bonds is 2. The first kappa shape index (κ1) is 11.2. The van der Waals surface area contributed by atoms with E-state index < -0.39 is 0 Å². The van der Waals surface area contributed by atoms with Gasteiger partial charge in [-0.05, 0) is 36.4 Å². The molecule has 0 saturated carbocycles. The topological polar surface area (TPSA) is 8.81 Å². The molecule has 2 heteroatoms. The highest BCUT2D eigenvalue weighted by Crippen LogP contribution is 2.20. The zero-order valence-electron chi connectivity index (χ0n) is 11.1. The van der Waals surface area contributed by atoms with E-state index in [1.807, 2.05) is 6.07 Å². The Hall–Kier alpha value is -2.61. The normalized spacial score (nSPS) is 14.4. The monoisotopic (exact) mass is 259 g/mol. The van der Waals surface area contributed by atoms with Crippen LogP contribution in [0.15, 0.2) is 85.2 Å². The third-order valence-electron chi connectivity index (χ3n) is 3.74. The van der Waals surface area contributed by atoms with Gasteiger partial charge in [0.05, 0.1) is 0 Å². The van der Waals surface area contributed by atoms with Gasteiger partial charge in [-0.15, -0.1) is 0 Å². The number of fused-ring (bicyclic) bond motifs is 1. The number of para-hydroxylation sites is 3. The van der Waals surface area contributed by atoms with Crippen LogP contribution in [0.3, 0.4) is 0 Å². The standard InChI is InChI=1S/C18H15N2/c1-2-8-15(9-3-1)19-14-20(16-10-4-5-11-16)18-13-7-6-12-17(18)19/h1-14,16H/q+1. The molecule has 0 N–H and O–H groups in total. The van der Waals surface area contributed by atoms with E-state index in [-0.39, 0.29) is 0 Å². The van der Waals surface area contributed by atoms with Crippen LogP contribution in [0.5, 0.6) is 0 Å². The highest BCUT2D eigenvalue weighted by atomic mass is 15.2. The number of aromatic nitrogens is 2. The van der Waals surface area contributed by atoms with Crippen molar-refractivity contribution < 1.29 is 4.57 Å². The Morgan fingerprint density at radius 1 is 0.800 bits per heavy atom. The predicted octanol–water partition coefficient (Wildman–Crippen LogP) is 3.59. The number of hydrogen-bond donors (Lipinski definition) is 0. The van der Waals surface area contributed by atoms with Crippen LogP contribution >= 0.6 is 0 Å². The molecule has 0 radical (unpaired) electrons. The average molecular weight is 259 g/mol. The van der Waals surface area contributed by atoms with Crippen LogP contribution in [0.25, 0.3) is 16.7 Å². The quantitative estimate of drug-likeness (QED) is 0.622. The van der Waals surface area contributed by atoms with E-state index in [0.29, 0.717) is 6.04 Å². The molecule has 0 aliphatic heterocycles. The van der Waals surface area contributed by atoms with Crippen LogP contribution in [-0.2, 0) is 0 Å². The Labute approximate surface area is 117 Å². The lowest BCUT2D eigenvalue weighted by Crippen LogP contribution is -2.35. The predicted molar refractivity (Wildman–Crippen MR) is 80.8 cm³/mol. The van der Waals surface area contributed by atoms with Gasteiger partial charge in [0.1, 0.15) is 11.7 Å². The van der Waals surface area contributed by atoms with Crippen molar-refractivity contribution in [2.24, 2.45) is 0 Å². The lowest BCUT2D eigenvalue weighted by Gasteiger charge is -2.00. The summed E-state index contributed by atoms with van der Waals surface area (Å²) in [5.74, 6) is 0. The van der Waals surface area contributed by atoms with Crippen molar-refractivity contribution in [3.8, 4) is 5.69 Å². The summed E-state index contributed by atoms with van der Waals surface area (Å²) in [6.45, 7) is 0. The van der Waals surface area contributed by atoms with Crippen molar-refractivity contribution in [3.05, 3.63) is 85.2 Å². The van der Waals surface area contributed by atoms with Gasteiger partial charge in [0, 0.05) is 0 Å². The zero-order chi connectivity index (χ0) is 13.4. The van der Waals surface area contributed by atoms with E-state index in [1.54, 1.807) is 0 Å². The van der Waals surface area contributed by atoms with Gasteiger partial charge in [0.2, 0.25) is 0 Å².